The number of halogens is 1. The molecule has 2 unspecified atom stereocenters. The Hall–Kier alpha value is -1.28. The second kappa shape index (κ2) is 5.49. The van der Waals surface area contributed by atoms with Crippen LogP contribution in [0.3, 0.4) is 0 Å². The SMILES string of the molecule is ClCc1cnc(N2CCCC3CCCC32)c2ccccc12. The van der Waals surface area contributed by atoms with E-state index in [1.54, 1.807) is 0 Å². The summed E-state index contributed by atoms with van der Waals surface area (Å²) >= 11 is 6.08. The van der Waals surface area contributed by atoms with Crippen LogP contribution >= 0.6 is 11.6 Å². The summed E-state index contributed by atoms with van der Waals surface area (Å²) in [6.07, 6.45) is 8.79. The van der Waals surface area contributed by atoms with Crippen LogP contribution < -0.4 is 4.90 Å². The Morgan fingerprint density at radius 2 is 1.90 bits per heavy atom. The van der Waals surface area contributed by atoms with E-state index >= 15 is 0 Å². The number of anilines is 1. The first-order valence-electron chi connectivity index (χ1n) is 8.07. The molecule has 2 fully saturated rings. The number of hydrogen-bond donors (Lipinski definition) is 0. The van der Waals surface area contributed by atoms with Crippen LogP contribution in [0.2, 0.25) is 0 Å². The second-order valence-corrected chi connectivity index (χ2v) is 6.65. The standard InChI is InChI=1S/C18H21ClN2/c19-11-14-12-20-18(16-8-2-1-7-15(14)16)21-10-4-6-13-5-3-9-17(13)21/h1-2,7-8,12-13,17H,3-6,9-11H2. The lowest BCUT2D eigenvalue weighted by molar-refractivity contribution is 0.361. The smallest absolute Gasteiger partial charge is 0.136 e. The van der Waals surface area contributed by atoms with E-state index in [2.05, 4.69) is 29.2 Å². The second-order valence-electron chi connectivity index (χ2n) is 6.38. The number of hydrogen-bond acceptors (Lipinski definition) is 2. The summed E-state index contributed by atoms with van der Waals surface area (Å²) in [5.74, 6) is 2.59. The largest absolute Gasteiger partial charge is 0.353 e. The van der Waals surface area contributed by atoms with Gasteiger partial charge in [0.2, 0.25) is 0 Å². The van der Waals surface area contributed by atoms with Gasteiger partial charge in [0.1, 0.15) is 5.82 Å². The van der Waals surface area contributed by atoms with Gasteiger partial charge in [-0.15, -0.1) is 11.6 Å². The average molecular weight is 301 g/mol. The molecule has 0 spiro atoms. The fourth-order valence-corrected chi connectivity index (χ4v) is 4.50. The molecule has 1 saturated carbocycles. The molecule has 0 N–H and O–H groups in total. The highest BCUT2D eigenvalue weighted by Crippen LogP contribution is 2.40. The van der Waals surface area contributed by atoms with Crippen molar-refractivity contribution in [2.24, 2.45) is 5.92 Å². The number of fused-ring (bicyclic) bond motifs is 2. The maximum atomic E-state index is 6.08. The van der Waals surface area contributed by atoms with Gasteiger partial charge in [0.15, 0.2) is 0 Å². The number of piperidine rings is 1. The first kappa shape index (κ1) is 13.4. The average Bonchev–Trinajstić information content (AvgIpc) is 3.02. The van der Waals surface area contributed by atoms with Crippen molar-refractivity contribution in [3.63, 3.8) is 0 Å². The molecule has 110 valence electrons. The van der Waals surface area contributed by atoms with Crippen LogP contribution in [-0.2, 0) is 5.88 Å². The van der Waals surface area contributed by atoms with E-state index in [-0.39, 0.29) is 0 Å². The molecule has 4 rings (SSSR count). The summed E-state index contributed by atoms with van der Waals surface area (Å²) in [7, 11) is 0. The number of pyridine rings is 1. The van der Waals surface area contributed by atoms with Crippen molar-refractivity contribution in [2.45, 2.75) is 44.0 Å². The third-order valence-corrected chi connectivity index (χ3v) is 5.55. The van der Waals surface area contributed by atoms with Crippen LogP contribution in [0.1, 0.15) is 37.7 Å². The third kappa shape index (κ3) is 2.20. The van der Waals surface area contributed by atoms with E-state index in [4.69, 9.17) is 16.6 Å². The number of aromatic nitrogens is 1. The Balaban J connectivity index is 1.83. The number of nitrogens with zero attached hydrogens (tertiary/aromatic N) is 2. The predicted molar refractivity (Wildman–Crippen MR) is 89.0 cm³/mol. The van der Waals surface area contributed by atoms with Crippen LogP contribution in [0.15, 0.2) is 30.5 Å². The minimum atomic E-state index is 0.528. The highest BCUT2D eigenvalue weighted by atomic mass is 35.5. The topological polar surface area (TPSA) is 16.1 Å². The first-order chi connectivity index (χ1) is 10.4. The van der Waals surface area contributed by atoms with Crippen molar-refractivity contribution in [3.8, 4) is 0 Å². The summed E-state index contributed by atoms with van der Waals surface area (Å²) in [4.78, 5) is 7.39. The Labute approximate surface area is 131 Å². The summed E-state index contributed by atoms with van der Waals surface area (Å²) in [6, 6.07) is 9.29. The molecule has 2 nitrogen and oxygen atoms in total. The normalized spacial score (nSPS) is 25.3. The number of rotatable bonds is 2. The minimum Gasteiger partial charge on any atom is -0.353 e. The van der Waals surface area contributed by atoms with Crippen LogP contribution in [0.25, 0.3) is 10.8 Å². The molecule has 1 aromatic carbocycles. The quantitative estimate of drug-likeness (QED) is 0.745. The first-order valence-corrected chi connectivity index (χ1v) is 8.61. The molecule has 1 aliphatic carbocycles. The van der Waals surface area contributed by atoms with Gasteiger partial charge >= 0.3 is 0 Å². The van der Waals surface area contributed by atoms with Gasteiger partial charge in [-0.25, -0.2) is 4.98 Å². The molecule has 2 heterocycles. The molecule has 2 atom stereocenters. The van der Waals surface area contributed by atoms with Crippen molar-refractivity contribution in [1.29, 1.82) is 0 Å². The lowest BCUT2D eigenvalue weighted by Gasteiger charge is -2.39. The minimum absolute atomic E-state index is 0.528. The summed E-state index contributed by atoms with van der Waals surface area (Å²) in [5, 5.41) is 2.53. The molecular formula is C18H21ClN2. The van der Waals surface area contributed by atoms with E-state index in [9.17, 15) is 0 Å². The van der Waals surface area contributed by atoms with E-state index in [0.29, 0.717) is 11.9 Å². The third-order valence-electron chi connectivity index (χ3n) is 5.27. The zero-order valence-electron chi connectivity index (χ0n) is 12.3. The molecule has 1 aliphatic heterocycles. The number of alkyl halides is 1. The zero-order chi connectivity index (χ0) is 14.2. The van der Waals surface area contributed by atoms with E-state index in [1.165, 1.54) is 48.7 Å². The van der Waals surface area contributed by atoms with Crippen LogP contribution in [0.5, 0.6) is 0 Å². The lowest BCUT2D eigenvalue weighted by Crippen LogP contribution is -2.43. The zero-order valence-corrected chi connectivity index (χ0v) is 13.0. The highest BCUT2D eigenvalue weighted by Gasteiger charge is 2.36. The van der Waals surface area contributed by atoms with Crippen LogP contribution in [-0.4, -0.2) is 17.6 Å². The Kier molecular flexibility index (Phi) is 3.50. The van der Waals surface area contributed by atoms with Crippen molar-refractivity contribution in [1.82, 2.24) is 4.98 Å². The van der Waals surface area contributed by atoms with Crippen molar-refractivity contribution < 1.29 is 0 Å². The van der Waals surface area contributed by atoms with Gasteiger partial charge in [0, 0.05) is 30.0 Å². The fourth-order valence-electron chi connectivity index (χ4n) is 4.29. The maximum Gasteiger partial charge on any atom is 0.136 e. The lowest BCUT2D eigenvalue weighted by atomic mass is 9.91. The van der Waals surface area contributed by atoms with Gasteiger partial charge < -0.3 is 4.90 Å². The summed E-state index contributed by atoms with van der Waals surface area (Å²) in [5.41, 5.74) is 1.14. The molecule has 2 aromatic rings. The molecule has 2 aliphatic rings. The van der Waals surface area contributed by atoms with E-state index in [0.717, 1.165) is 18.0 Å². The summed E-state index contributed by atoms with van der Waals surface area (Å²) < 4.78 is 0. The number of benzene rings is 1. The van der Waals surface area contributed by atoms with Crippen LogP contribution in [0, 0.1) is 5.92 Å². The molecule has 1 aromatic heterocycles. The van der Waals surface area contributed by atoms with Gasteiger partial charge in [-0.2, -0.15) is 0 Å². The fraction of sp³-hybridized carbons (Fsp3) is 0.500. The van der Waals surface area contributed by atoms with Gasteiger partial charge in [-0.05, 0) is 42.6 Å². The highest BCUT2D eigenvalue weighted by molar-refractivity contribution is 6.18. The predicted octanol–water partition coefficient (Wildman–Crippen LogP) is 4.74. The molecule has 0 amide bonds. The van der Waals surface area contributed by atoms with Crippen LogP contribution in [0.4, 0.5) is 5.82 Å². The van der Waals surface area contributed by atoms with E-state index in [1.807, 2.05) is 6.20 Å². The molecule has 3 heteroatoms. The molecule has 0 bridgehead atoms. The Morgan fingerprint density at radius 3 is 2.76 bits per heavy atom. The van der Waals surface area contributed by atoms with Gasteiger partial charge in [-0.3, -0.25) is 0 Å². The molecule has 1 saturated heterocycles. The Morgan fingerprint density at radius 1 is 1.10 bits per heavy atom. The van der Waals surface area contributed by atoms with Crippen molar-refractivity contribution >= 4 is 28.2 Å². The Bertz CT molecular complexity index is 655. The van der Waals surface area contributed by atoms with Gasteiger partial charge in [0.05, 0.1) is 0 Å². The molecule has 0 radical (unpaired) electrons. The maximum absolute atomic E-state index is 6.08. The van der Waals surface area contributed by atoms with Crippen molar-refractivity contribution in [3.05, 3.63) is 36.0 Å². The monoisotopic (exact) mass is 300 g/mol. The van der Waals surface area contributed by atoms with E-state index < -0.39 is 0 Å². The van der Waals surface area contributed by atoms with Gasteiger partial charge in [0.25, 0.3) is 0 Å². The van der Waals surface area contributed by atoms with Gasteiger partial charge in [-0.1, -0.05) is 30.7 Å². The van der Waals surface area contributed by atoms with Crippen molar-refractivity contribution in [2.75, 3.05) is 11.4 Å². The molecule has 21 heavy (non-hydrogen) atoms. The summed E-state index contributed by atoms with van der Waals surface area (Å²) in [6.45, 7) is 1.15. The molecular weight excluding hydrogens is 280 g/mol.